The third-order valence-corrected chi connectivity index (χ3v) is 3.46. The largest absolute Gasteiger partial charge is 0.419 e. The molecule has 1 aromatic carbocycles. The molecule has 0 saturated carbocycles. The minimum absolute atomic E-state index is 0.0799. The first-order valence-corrected chi connectivity index (χ1v) is 6.76. The Morgan fingerprint density at radius 2 is 2.10 bits per heavy atom. The lowest BCUT2D eigenvalue weighted by Gasteiger charge is -2.33. The van der Waals surface area contributed by atoms with Crippen molar-refractivity contribution in [2.24, 2.45) is 0 Å². The van der Waals surface area contributed by atoms with Gasteiger partial charge in [0.15, 0.2) is 0 Å². The molecule has 21 heavy (non-hydrogen) atoms. The van der Waals surface area contributed by atoms with E-state index in [9.17, 15) is 22.4 Å². The summed E-state index contributed by atoms with van der Waals surface area (Å²) >= 11 is 0. The number of nitrogens with zero attached hydrogens (tertiary/aromatic N) is 1. The minimum Gasteiger partial charge on any atom is -0.311 e. The van der Waals surface area contributed by atoms with Crippen molar-refractivity contribution in [3.63, 3.8) is 0 Å². The van der Waals surface area contributed by atoms with E-state index in [1.165, 1.54) is 11.0 Å². The molecule has 0 spiro atoms. The van der Waals surface area contributed by atoms with Gasteiger partial charge in [0.1, 0.15) is 5.82 Å². The molecule has 1 unspecified atom stereocenters. The van der Waals surface area contributed by atoms with Crippen molar-refractivity contribution in [2.75, 3.05) is 18.0 Å². The maximum absolute atomic E-state index is 13.3. The van der Waals surface area contributed by atoms with Gasteiger partial charge in [-0.1, -0.05) is 6.92 Å². The van der Waals surface area contributed by atoms with Crippen LogP contribution in [0.15, 0.2) is 18.2 Å². The van der Waals surface area contributed by atoms with Gasteiger partial charge in [0, 0.05) is 12.2 Å². The topological polar surface area (TPSA) is 32.3 Å². The first-order chi connectivity index (χ1) is 9.84. The molecular formula is C14H16F4N2O. The Hall–Kier alpha value is -1.63. The Balaban J connectivity index is 2.31. The highest BCUT2D eigenvalue weighted by atomic mass is 19.4. The molecule has 1 aliphatic rings. The van der Waals surface area contributed by atoms with Gasteiger partial charge in [-0.2, -0.15) is 13.2 Å². The summed E-state index contributed by atoms with van der Waals surface area (Å²) in [5.41, 5.74) is -1.27. The van der Waals surface area contributed by atoms with E-state index in [4.69, 9.17) is 0 Å². The lowest BCUT2D eigenvalue weighted by atomic mass is 10.0. The van der Waals surface area contributed by atoms with Crippen molar-refractivity contribution in [1.82, 2.24) is 5.32 Å². The lowest BCUT2D eigenvalue weighted by Crippen LogP contribution is -2.50. The van der Waals surface area contributed by atoms with Gasteiger partial charge in [-0.05, 0) is 37.6 Å². The van der Waals surface area contributed by atoms with Gasteiger partial charge in [-0.15, -0.1) is 0 Å². The second kappa shape index (κ2) is 6.01. The molecule has 1 fully saturated rings. The Labute approximate surface area is 119 Å². The van der Waals surface area contributed by atoms with Crippen LogP contribution in [0.25, 0.3) is 0 Å². The predicted octanol–water partition coefficient (Wildman–Crippen LogP) is 2.95. The number of benzene rings is 1. The van der Waals surface area contributed by atoms with Gasteiger partial charge >= 0.3 is 6.18 Å². The van der Waals surface area contributed by atoms with Gasteiger partial charge < -0.3 is 10.2 Å². The molecule has 0 bridgehead atoms. The van der Waals surface area contributed by atoms with Crippen LogP contribution in [0.1, 0.15) is 25.3 Å². The van der Waals surface area contributed by atoms with Gasteiger partial charge in [0.2, 0.25) is 5.91 Å². The maximum atomic E-state index is 13.3. The number of nitrogens with one attached hydrogen (secondary N) is 1. The SMILES string of the molecule is CCNC1CCCN(c2ccc(F)c(C(F)(F)F)c2)C1=O. The summed E-state index contributed by atoms with van der Waals surface area (Å²) in [5.74, 6) is -1.61. The van der Waals surface area contributed by atoms with Crippen molar-refractivity contribution in [3.8, 4) is 0 Å². The molecular weight excluding hydrogens is 288 g/mol. The molecule has 1 aromatic rings. The first kappa shape index (κ1) is 15.8. The Morgan fingerprint density at radius 1 is 1.38 bits per heavy atom. The van der Waals surface area contributed by atoms with Gasteiger partial charge in [-0.3, -0.25) is 4.79 Å². The van der Waals surface area contributed by atoms with Crippen LogP contribution in [0, 0.1) is 5.82 Å². The number of hydrogen-bond acceptors (Lipinski definition) is 2. The number of carbonyl (C=O) groups excluding carboxylic acids is 1. The summed E-state index contributed by atoms with van der Waals surface area (Å²) in [4.78, 5) is 13.5. The van der Waals surface area contributed by atoms with E-state index >= 15 is 0 Å². The smallest absolute Gasteiger partial charge is 0.311 e. The number of piperidine rings is 1. The van der Waals surface area contributed by atoms with E-state index < -0.39 is 23.6 Å². The van der Waals surface area contributed by atoms with Crippen LogP contribution < -0.4 is 10.2 Å². The van der Waals surface area contributed by atoms with E-state index in [1.807, 2.05) is 6.92 Å². The number of halogens is 4. The third-order valence-electron chi connectivity index (χ3n) is 3.46. The van der Waals surface area contributed by atoms with E-state index in [1.54, 1.807) is 0 Å². The molecule has 7 heteroatoms. The van der Waals surface area contributed by atoms with Gasteiger partial charge in [0.05, 0.1) is 11.6 Å². The van der Waals surface area contributed by atoms with Crippen molar-refractivity contribution >= 4 is 11.6 Å². The number of carbonyl (C=O) groups is 1. The normalized spacial score (nSPS) is 20.0. The van der Waals surface area contributed by atoms with Crippen LogP contribution in [0.5, 0.6) is 0 Å². The average molecular weight is 304 g/mol. The lowest BCUT2D eigenvalue weighted by molar-refractivity contribution is -0.140. The van der Waals surface area contributed by atoms with Crippen LogP contribution in [0.3, 0.4) is 0 Å². The number of likely N-dealkylation sites (N-methyl/N-ethyl adjacent to an activating group) is 1. The van der Waals surface area contributed by atoms with Crippen LogP contribution in [-0.2, 0) is 11.0 Å². The summed E-state index contributed by atoms with van der Waals surface area (Å²) in [7, 11) is 0. The van der Waals surface area contributed by atoms with Gasteiger partial charge in [-0.25, -0.2) is 4.39 Å². The highest BCUT2D eigenvalue weighted by Crippen LogP contribution is 2.34. The standard InChI is InChI=1S/C14H16F4N2O/c1-2-19-12-4-3-7-20(13(12)21)9-5-6-11(15)10(8-9)14(16,17)18/h5-6,8,12,19H,2-4,7H2,1H3. The van der Waals surface area contributed by atoms with Crippen molar-refractivity contribution in [1.29, 1.82) is 0 Å². The first-order valence-electron chi connectivity index (χ1n) is 6.76. The fraction of sp³-hybridized carbons (Fsp3) is 0.500. The third kappa shape index (κ3) is 3.34. The fourth-order valence-electron chi connectivity index (χ4n) is 2.47. The number of alkyl halides is 3. The molecule has 0 aliphatic carbocycles. The fourth-order valence-corrected chi connectivity index (χ4v) is 2.47. The highest BCUT2D eigenvalue weighted by Gasteiger charge is 2.36. The van der Waals surface area contributed by atoms with Crippen LogP contribution in [0.2, 0.25) is 0 Å². The highest BCUT2D eigenvalue weighted by molar-refractivity contribution is 5.98. The molecule has 1 atom stereocenters. The Kier molecular flexibility index (Phi) is 4.51. The molecule has 0 aromatic heterocycles. The molecule has 1 amide bonds. The zero-order chi connectivity index (χ0) is 15.6. The summed E-state index contributed by atoms with van der Waals surface area (Å²) in [6, 6.07) is 2.25. The molecule has 1 N–H and O–H groups in total. The molecule has 1 saturated heterocycles. The minimum atomic E-state index is -4.78. The van der Waals surface area contributed by atoms with E-state index in [0.717, 1.165) is 6.07 Å². The quantitative estimate of drug-likeness (QED) is 0.871. The van der Waals surface area contributed by atoms with Crippen molar-refractivity contribution in [2.45, 2.75) is 32.0 Å². The number of anilines is 1. The zero-order valence-electron chi connectivity index (χ0n) is 11.5. The van der Waals surface area contributed by atoms with Crippen LogP contribution >= 0.6 is 0 Å². The number of amides is 1. The predicted molar refractivity (Wildman–Crippen MR) is 70.5 cm³/mol. The van der Waals surface area contributed by atoms with E-state index in [0.29, 0.717) is 32.0 Å². The zero-order valence-corrected chi connectivity index (χ0v) is 11.5. The second-order valence-electron chi connectivity index (χ2n) is 4.90. The molecule has 1 aliphatic heterocycles. The van der Waals surface area contributed by atoms with Crippen molar-refractivity contribution in [3.05, 3.63) is 29.6 Å². The monoisotopic (exact) mass is 304 g/mol. The second-order valence-corrected chi connectivity index (χ2v) is 4.90. The average Bonchev–Trinajstić information content (AvgIpc) is 2.41. The molecule has 0 radical (unpaired) electrons. The molecule has 116 valence electrons. The van der Waals surface area contributed by atoms with E-state index in [-0.39, 0.29) is 11.6 Å². The molecule has 3 nitrogen and oxygen atoms in total. The van der Waals surface area contributed by atoms with E-state index in [2.05, 4.69) is 5.32 Å². The summed E-state index contributed by atoms with van der Waals surface area (Å²) in [6.45, 7) is 2.79. The maximum Gasteiger partial charge on any atom is 0.419 e. The van der Waals surface area contributed by atoms with Gasteiger partial charge in [0.25, 0.3) is 0 Å². The Morgan fingerprint density at radius 3 is 2.71 bits per heavy atom. The Bertz CT molecular complexity index is 528. The summed E-state index contributed by atoms with van der Waals surface area (Å²) in [5, 5.41) is 3.00. The molecule has 1 heterocycles. The number of rotatable bonds is 3. The van der Waals surface area contributed by atoms with Crippen LogP contribution in [0.4, 0.5) is 23.2 Å². The summed E-state index contributed by atoms with van der Waals surface area (Å²) in [6.07, 6.45) is -3.45. The molecule has 2 rings (SSSR count). The number of hydrogen-bond donors (Lipinski definition) is 1. The summed E-state index contributed by atoms with van der Waals surface area (Å²) < 4.78 is 51.5. The van der Waals surface area contributed by atoms with Crippen molar-refractivity contribution < 1.29 is 22.4 Å². The van der Waals surface area contributed by atoms with Crippen LogP contribution in [-0.4, -0.2) is 25.0 Å².